The number of anilines is 1. The third-order valence-corrected chi connectivity index (χ3v) is 4.24. The van der Waals surface area contributed by atoms with Crippen molar-refractivity contribution in [3.8, 4) is 0 Å². The van der Waals surface area contributed by atoms with Gasteiger partial charge in [-0.1, -0.05) is 76.8 Å². The lowest BCUT2D eigenvalue weighted by atomic mass is 10.1. The van der Waals surface area contributed by atoms with Crippen LogP contribution in [0.2, 0.25) is 0 Å². The molecule has 0 bridgehead atoms. The van der Waals surface area contributed by atoms with Gasteiger partial charge in [-0.15, -0.1) is 0 Å². The summed E-state index contributed by atoms with van der Waals surface area (Å²) in [5.74, 6) is 0. The van der Waals surface area contributed by atoms with E-state index in [2.05, 4.69) is 44.3 Å². The van der Waals surface area contributed by atoms with Gasteiger partial charge in [-0.2, -0.15) is 0 Å². The van der Waals surface area contributed by atoms with E-state index in [-0.39, 0.29) is 0 Å². The van der Waals surface area contributed by atoms with Crippen LogP contribution in [0.5, 0.6) is 0 Å². The summed E-state index contributed by atoms with van der Waals surface area (Å²) in [6.07, 6.45) is 14.0. The van der Waals surface area contributed by atoms with Crippen LogP contribution in [-0.2, 0) is 0 Å². The molecule has 0 aliphatic carbocycles. The molecule has 1 aromatic carbocycles. The molecule has 0 heterocycles. The molecule has 1 N–H and O–H groups in total. The average Bonchev–Trinajstić information content (AvgIpc) is 2.48. The molecule has 1 nitrogen and oxygen atoms in total. The van der Waals surface area contributed by atoms with Gasteiger partial charge in [-0.05, 0) is 37.5 Å². The third kappa shape index (κ3) is 8.80. The standard InChI is InChI=1S/C20H35N/c1-4-5-6-7-8-9-10-11-12-13-16-21-20-17-18(2)14-15-19(20)3/h14-15,17,21H,4-13,16H2,1-3H3. The van der Waals surface area contributed by atoms with Gasteiger partial charge < -0.3 is 5.32 Å². The molecular weight excluding hydrogens is 254 g/mol. The number of benzene rings is 1. The van der Waals surface area contributed by atoms with E-state index in [1.54, 1.807) is 0 Å². The van der Waals surface area contributed by atoms with E-state index in [9.17, 15) is 0 Å². The van der Waals surface area contributed by atoms with E-state index in [0.29, 0.717) is 0 Å². The molecule has 0 atom stereocenters. The highest BCUT2D eigenvalue weighted by atomic mass is 14.9. The van der Waals surface area contributed by atoms with Crippen molar-refractivity contribution in [2.75, 3.05) is 11.9 Å². The van der Waals surface area contributed by atoms with Crippen molar-refractivity contribution in [3.05, 3.63) is 29.3 Å². The Balaban J connectivity index is 1.94. The van der Waals surface area contributed by atoms with E-state index in [1.807, 2.05) is 0 Å². The Morgan fingerprint density at radius 3 is 1.95 bits per heavy atom. The van der Waals surface area contributed by atoms with E-state index in [4.69, 9.17) is 0 Å². The van der Waals surface area contributed by atoms with Gasteiger partial charge in [-0.3, -0.25) is 0 Å². The molecule has 0 spiro atoms. The first-order valence-electron chi connectivity index (χ1n) is 9.05. The quantitative estimate of drug-likeness (QED) is 0.425. The van der Waals surface area contributed by atoms with E-state index in [0.717, 1.165) is 6.54 Å². The highest BCUT2D eigenvalue weighted by molar-refractivity contribution is 5.52. The lowest BCUT2D eigenvalue weighted by Crippen LogP contribution is -2.03. The molecule has 0 saturated heterocycles. The Morgan fingerprint density at radius 1 is 0.762 bits per heavy atom. The maximum absolute atomic E-state index is 3.58. The normalized spacial score (nSPS) is 10.8. The molecule has 0 radical (unpaired) electrons. The van der Waals surface area contributed by atoms with Crippen LogP contribution in [0.4, 0.5) is 5.69 Å². The maximum Gasteiger partial charge on any atom is 0.0372 e. The lowest BCUT2D eigenvalue weighted by molar-refractivity contribution is 0.560. The average molecular weight is 290 g/mol. The van der Waals surface area contributed by atoms with Crippen LogP contribution in [0, 0.1) is 13.8 Å². The number of unbranched alkanes of at least 4 members (excludes halogenated alkanes) is 9. The van der Waals surface area contributed by atoms with Gasteiger partial charge in [-0.25, -0.2) is 0 Å². The highest BCUT2D eigenvalue weighted by Crippen LogP contribution is 2.16. The summed E-state index contributed by atoms with van der Waals surface area (Å²) in [6.45, 7) is 7.73. The first kappa shape index (κ1) is 18.1. The van der Waals surface area contributed by atoms with Crippen molar-refractivity contribution in [1.29, 1.82) is 0 Å². The fraction of sp³-hybridized carbons (Fsp3) is 0.700. The molecule has 0 fully saturated rings. The molecule has 0 saturated carbocycles. The van der Waals surface area contributed by atoms with Gasteiger partial charge in [0.2, 0.25) is 0 Å². The third-order valence-electron chi connectivity index (χ3n) is 4.24. The van der Waals surface area contributed by atoms with Crippen LogP contribution in [0.3, 0.4) is 0 Å². The Kier molecular flexibility index (Phi) is 10.0. The fourth-order valence-corrected chi connectivity index (χ4v) is 2.76. The molecule has 0 aliphatic rings. The molecule has 1 rings (SSSR count). The second-order valence-corrected chi connectivity index (χ2v) is 6.43. The Hall–Kier alpha value is -0.980. The predicted octanol–water partition coefficient (Wildman–Crippen LogP) is 6.64. The van der Waals surface area contributed by atoms with E-state index >= 15 is 0 Å². The monoisotopic (exact) mass is 289 g/mol. The first-order valence-corrected chi connectivity index (χ1v) is 9.05. The summed E-state index contributed by atoms with van der Waals surface area (Å²) < 4.78 is 0. The van der Waals surface area contributed by atoms with Crippen molar-refractivity contribution in [3.63, 3.8) is 0 Å². The van der Waals surface area contributed by atoms with Crippen LogP contribution < -0.4 is 5.32 Å². The molecule has 120 valence electrons. The lowest BCUT2D eigenvalue weighted by Gasteiger charge is -2.10. The minimum Gasteiger partial charge on any atom is -0.385 e. The molecule has 1 aromatic rings. The van der Waals surface area contributed by atoms with Crippen LogP contribution in [-0.4, -0.2) is 6.54 Å². The van der Waals surface area contributed by atoms with Gasteiger partial charge in [0.15, 0.2) is 0 Å². The molecule has 0 amide bonds. The number of hydrogen-bond donors (Lipinski definition) is 1. The molecule has 0 aliphatic heterocycles. The summed E-state index contributed by atoms with van der Waals surface area (Å²) >= 11 is 0. The summed E-state index contributed by atoms with van der Waals surface area (Å²) in [5.41, 5.74) is 4.00. The van der Waals surface area contributed by atoms with Gasteiger partial charge in [0.1, 0.15) is 0 Å². The molecule has 0 aromatic heterocycles. The number of rotatable bonds is 12. The van der Waals surface area contributed by atoms with Crippen LogP contribution in [0.1, 0.15) is 82.3 Å². The van der Waals surface area contributed by atoms with Crippen molar-refractivity contribution < 1.29 is 0 Å². The second-order valence-electron chi connectivity index (χ2n) is 6.43. The van der Waals surface area contributed by atoms with Gasteiger partial charge in [0.25, 0.3) is 0 Å². The number of hydrogen-bond acceptors (Lipinski definition) is 1. The zero-order valence-corrected chi connectivity index (χ0v) is 14.5. The zero-order valence-electron chi connectivity index (χ0n) is 14.5. The van der Waals surface area contributed by atoms with Gasteiger partial charge in [0, 0.05) is 12.2 Å². The van der Waals surface area contributed by atoms with Crippen LogP contribution in [0.25, 0.3) is 0 Å². The van der Waals surface area contributed by atoms with Crippen molar-refractivity contribution >= 4 is 5.69 Å². The topological polar surface area (TPSA) is 12.0 Å². The largest absolute Gasteiger partial charge is 0.385 e. The predicted molar refractivity (Wildman–Crippen MR) is 96.2 cm³/mol. The number of nitrogens with one attached hydrogen (secondary N) is 1. The maximum atomic E-state index is 3.58. The van der Waals surface area contributed by atoms with Crippen LogP contribution >= 0.6 is 0 Å². The minimum atomic E-state index is 1.11. The molecular formula is C20H35N. The highest BCUT2D eigenvalue weighted by Gasteiger charge is 1.98. The Morgan fingerprint density at radius 2 is 1.33 bits per heavy atom. The summed E-state index contributed by atoms with van der Waals surface area (Å²) in [5, 5.41) is 3.58. The summed E-state index contributed by atoms with van der Waals surface area (Å²) in [6, 6.07) is 6.64. The SMILES string of the molecule is CCCCCCCCCCCCNc1cc(C)ccc1C. The van der Waals surface area contributed by atoms with E-state index < -0.39 is 0 Å². The van der Waals surface area contributed by atoms with Gasteiger partial charge >= 0.3 is 0 Å². The molecule has 0 unspecified atom stereocenters. The summed E-state index contributed by atoms with van der Waals surface area (Å²) in [7, 11) is 0. The van der Waals surface area contributed by atoms with Gasteiger partial charge in [0.05, 0.1) is 0 Å². The van der Waals surface area contributed by atoms with Crippen molar-refractivity contribution in [2.24, 2.45) is 0 Å². The Labute approximate surface area is 132 Å². The van der Waals surface area contributed by atoms with Crippen LogP contribution in [0.15, 0.2) is 18.2 Å². The number of aryl methyl sites for hydroxylation is 2. The summed E-state index contributed by atoms with van der Waals surface area (Å²) in [4.78, 5) is 0. The Bertz CT molecular complexity index is 370. The zero-order chi connectivity index (χ0) is 15.3. The van der Waals surface area contributed by atoms with Crippen molar-refractivity contribution in [1.82, 2.24) is 0 Å². The minimum absolute atomic E-state index is 1.11. The molecule has 21 heavy (non-hydrogen) atoms. The second kappa shape index (κ2) is 11.7. The first-order chi connectivity index (χ1) is 10.2. The van der Waals surface area contributed by atoms with E-state index in [1.165, 1.54) is 81.0 Å². The van der Waals surface area contributed by atoms with Crippen molar-refractivity contribution in [2.45, 2.75) is 85.0 Å². The smallest absolute Gasteiger partial charge is 0.0372 e. The molecule has 1 heteroatoms. The fourth-order valence-electron chi connectivity index (χ4n) is 2.76.